The number of thioether (sulfide) groups is 1. The maximum atomic E-state index is 11.9. The minimum atomic E-state index is -0.425. The van der Waals surface area contributed by atoms with Crippen molar-refractivity contribution in [1.82, 2.24) is 10.2 Å². The number of hydrogen-bond acceptors (Lipinski definition) is 5. The Kier molecular flexibility index (Phi) is 14.4. The molecule has 6 nitrogen and oxygen atoms in total. The summed E-state index contributed by atoms with van der Waals surface area (Å²) in [6.45, 7) is 6.18. The largest absolute Gasteiger partial charge is 0.338 e. The summed E-state index contributed by atoms with van der Waals surface area (Å²) < 4.78 is 0. The van der Waals surface area contributed by atoms with Gasteiger partial charge in [-0.15, -0.1) is 11.8 Å². The molecule has 1 unspecified atom stereocenters. The van der Waals surface area contributed by atoms with Crippen LogP contribution in [0.5, 0.6) is 0 Å². The minimum Gasteiger partial charge on any atom is -0.338 e. The number of nitrogens with one attached hydrogen (secondary N) is 1. The van der Waals surface area contributed by atoms with Crippen molar-refractivity contribution in [2.24, 2.45) is 0 Å². The van der Waals surface area contributed by atoms with Crippen molar-refractivity contribution < 1.29 is 19.2 Å². The van der Waals surface area contributed by atoms with Gasteiger partial charge in [0.2, 0.25) is 17.7 Å². The summed E-state index contributed by atoms with van der Waals surface area (Å²) in [6, 6.07) is 0. The third kappa shape index (κ3) is 12.8. The van der Waals surface area contributed by atoms with E-state index in [0.717, 1.165) is 4.90 Å². The second-order valence-corrected chi connectivity index (χ2v) is 6.88. The van der Waals surface area contributed by atoms with Gasteiger partial charge < -0.3 is 5.32 Å². The van der Waals surface area contributed by atoms with Crippen LogP contribution in [0.1, 0.15) is 40.5 Å². The molecule has 1 rings (SSSR count). The van der Waals surface area contributed by atoms with E-state index in [4.69, 9.17) is 0 Å². The van der Waals surface area contributed by atoms with Gasteiger partial charge in [-0.1, -0.05) is 11.8 Å². The quantitative estimate of drug-likeness (QED) is 0.509. The standard InChI is InChI=1S/C12H6.C11H16N2O4S/c1-3-5-7-9-11-12-10-8-6-4-2;1-7(14)3-4-18-9-5-10(16)13(11(9)17)6-12-8(2)15/h1-2H3;9H,3-6H2,1-2H3,(H,12,15). The highest BCUT2D eigenvalue weighted by molar-refractivity contribution is 8.00. The van der Waals surface area contributed by atoms with Crippen LogP contribution in [-0.2, 0) is 19.2 Å². The average molecular weight is 423 g/mol. The fourth-order valence-electron chi connectivity index (χ4n) is 1.80. The van der Waals surface area contributed by atoms with Crippen LogP contribution in [0.3, 0.4) is 0 Å². The third-order valence-electron chi connectivity index (χ3n) is 3.15. The zero-order valence-electron chi connectivity index (χ0n) is 17.4. The van der Waals surface area contributed by atoms with Crippen molar-refractivity contribution >= 4 is 35.3 Å². The van der Waals surface area contributed by atoms with Crippen LogP contribution < -0.4 is 5.32 Å². The first-order valence-electron chi connectivity index (χ1n) is 8.86. The number of carbonyl (C=O) groups is 4. The van der Waals surface area contributed by atoms with Gasteiger partial charge in [0.15, 0.2) is 0 Å². The molecule has 154 valence electrons. The van der Waals surface area contributed by atoms with Gasteiger partial charge in [0, 0.05) is 25.5 Å². The number of amides is 3. The molecular weight excluding hydrogens is 400 g/mol. The molecule has 3 amide bonds. The number of Topliss-reactive ketones (excluding diaryl/α,β-unsaturated/α-hetero) is 1. The predicted octanol–water partition coefficient (Wildman–Crippen LogP) is 0.963. The molecule has 0 bridgehead atoms. The lowest BCUT2D eigenvalue weighted by molar-refractivity contribution is -0.139. The molecule has 1 fully saturated rings. The van der Waals surface area contributed by atoms with Crippen molar-refractivity contribution in [2.45, 2.75) is 45.8 Å². The van der Waals surface area contributed by atoms with Crippen LogP contribution in [0.15, 0.2) is 0 Å². The number of likely N-dealkylation sites (tertiary alicyclic amines) is 1. The molecule has 0 aromatic rings. The molecule has 1 N–H and O–H groups in total. The van der Waals surface area contributed by atoms with Gasteiger partial charge in [-0.3, -0.25) is 24.1 Å². The molecule has 1 atom stereocenters. The molecule has 0 radical (unpaired) electrons. The highest BCUT2D eigenvalue weighted by atomic mass is 32.2. The Morgan fingerprint density at radius 2 is 1.47 bits per heavy atom. The second kappa shape index (κ2) is 16.4. The van der Waals surface area contributed by atoms with Crippen LogP contribution in [0.25, 0.3) is 0 Å². The third-order valence-corrected chi connectivity index (χ3v) is 4.36. The predicted molar refractivity (Wildman–Crippen MR) is 117 cm³/mol. The van der Waals surface area contributed by atoms with E-state index >= 15 is 0 Å². The van der Waals surface area contributed by atoms with Gasteiger partial charge in [-0.2, -0.15) is 0 Å². The Balaban J connectivity index is 0.000000612. The summed E-state index contributed by atoms with van der Waals surface area (Å²) in [5.41, 5.74) is 0. The van der Waals surface area contributed by atoms with E-state index in [9.17, 15) is 19.2 Å². The number of carbonyl (C=O) groups excluding carboxylic acids is 4. The molecule has 1 saturated heterocycles. The molecule has 1 aliphatic heterocycles. The summed E-state index contributed by atoms with van der Waals surface area (Å²) in [5, 5.41) is 2.00. The van der Waals surface area contributed by atoms with Gasteiger partial charge >= 0.3 is 0 Å². The lowest BCUT2D eigenvalue weighted by atomic mass is 10.3. The molecule has 1 aliphatic rings. The first-order valence-corrected chi connectivity index (χ1v) is 9.91. The molecule has 0 aromatic heterocycles. The fraction of sp³-hybridized carbons (Fsp3) is 0.391. The maximum absolute atomic E-state index is 11.9. The Labute approximate surface area is 182 Å². The van der Waals surface area contributed by atoms with E-state index in [-0.39, 0.29) is 36.6 Å². The average Bonchev–Trinajstić information content (AvgIpc) is 2.95. The summed E-state index contributed by atoms with van der Waals surface area (Å²) in [5.74, 6) is 25.3. The number of nitrogens with zero attached hydrogens (tertiary/aromatic N) is 1. The van der Waals surface area contributed by atoms with Crippen molar-refractivity contribution in [3.63, 3.8) is 0 Å². The number of hydrogen-bond donors (Lipinski definition) is 1. The minimum absolute atomic E-state index is 0.0642. The van der Waals surface area contributed by atoms with E-state index in [2.05, 4.69) is 64.5 Å². The summed E-state index contributed by atoms with van der Waals surface area (Å²) in [4.78, 5) is 46.0. The van der Waals surface area contributed by atoms with E-state index in [1.807, 2.05) is 0 Å². The Morgan fingerprint density at radius 3 is 1.90 bits per heavy atom. The Bertz CT molecular complexity index is 931. The van der Waals surface area contributed by atoms with Gasteiger partial charge in [-0.25, -0.2) is 0 Å². The zero-order chi connectivity index (χ0) is 22.8. The number of imide groups is 1. The first-order chi connectivity index (χ1) is 14.3. The fourth-order valence-corrected chi connectivity index (χ4v) is 3.02. The summed E-state index contributed by atoms with van der Waals surface area (Å²) in [6.07, 6.45) is 0.537. The van der Waals surface area contributed by atoms with E-state index in [1.165, 1.54) is 25.6 Å². The summed E-state index contributed by atoms with van der Waals surface area (Å²) in [7, 11) is 0. The van der Waals surface area contributed by atoms with Gasteiger partial charge in [-0.05, 0) is 68.1 Å². The molecular formula is C23H22N2O4S. The highest BCUT2D eigenvalue weighted by Gasteiger charge is 2.38. The van der Waals surface area contributed by atoms with Crippen LogP contribution in [0.2, 0.25) is 0 Å². The topological polar surface area (TPSA) is 83.6 Å². The molecule has 0 aliphatic carbocycles. The van der Waals surface area contributed by atoms with Crippen LogP contribution >= 0.6 is 11.8 Å². The lowest BCUT2D eigenvalue weighted by Crippen LogP contribution is -2.40. The van der Waals surface area contributed by atoms with Crippen molar-refractivity contribution in [3.8, 4) is 59.2 Å². The van der Waals surface area contributed by atoms with Gasteiger partial charge in [0.1, 0.15) is 12.5 Å². The normalized spacial score (nSPS) is 13.1. The maximum Gasteiger partial charge on any atom is 0.244 e. The zero-order valence-corrected chi connectivity index (χ0v) is 18.2. The second-order valence-electron chi connectivity index (χ2n) is 5.57. The van der Waals surface area contributed by atoms with Crippen LogP contribution in [0, 0.1) is 59.2 Å². The monoisotopic (exact) mass is 422 g/mol. The van der Waals surface area contributed by atoms with Crippen molar-refractivity contribution in [2.75, 3.05) is 12.4 Å². The molecule has 1 heterocycles. The Morgan fingerprint density at radius 1 is 0.967 bits per heavy atom. The smallest absolute Gasteiger partial charge is 0.244 e. The number of rotatable bonds is 6. The van der Waals surface area contributed by atoms with Crippen molar-refractivity contribution in [1.29, 1.82) is 0 Å². The molecule has 7 heteroatoms. The lowest BCUT2D eigenvalue weighted by Gasteiger charge is -2.14. The van der Waals surface area contributed by atoms with Gasteiger partial charge in [0.05, 0.1) is 5.25 Å². The van der Waals surface area contributed by atoms with E-state index in [0.29, 0.717) is 12.2 Å². The van der Waals surface area contributed by atoms with Crippen LogP contribution in [0.4, 0.5) is 0 Å². The first kappa shape index (κ1) is 26.4. The Hall–Kier alpha value is -3.57. The molecule has 0 aromatic carbocycles. The van der Waals surface area contributed by atoms with Crippen LogP contribution in [-0.4, -0.2) is 46.1 Å². The number of ketones is 1. The summed E-state index contributed by atoms with van der Waals surface area (Å²) >= 11 is 1.32. The van der Waals surface area contributed by atoms with E-state index < -0.39 is 5.25 Å². The van der Waals surface area contributed by atoms with Crippen molar-refractivity contribution in [3.05, 3.63) is 0 Å². The van der Waals surface area contributed by atoms with Gasteiger partial charge in [0.25, 0.3) is 0 Å². The molecule has 0 saturated carbocycles. The molecule has 0 spiro atoms. The highest BCUT2D eigenvalue weighted by Crippen LogP contribution is 2.25. The SMILES string of the molecule is CC#CC#CC#CC#CC#CC.CC(=O)CCSC1CC(=O)N(CNC(C)=O)C1=O. The van der Waals surface area contributed by atoms with E-state index in [1.54, 1.807) is 13.8 Å². The molecule has 30 heavy (non-hydrogen) atoms.